The van der Waals surface area contributed by atoms with E-state index in [0.717, 1.165) is 29.9 Å². The van der Waals surface area contributed by atoms with Crippen LogP contribution in [0.3, 0.4) is 0 Å². The Morgan fingerprint density at radius 1 is 1.33 bits per heavy atom. The van der Waals surface area contributed by atoms with Crippen LogP contribution in [0.25, 0.3) is 11.3 Å². The van der Waals surface area contributed by atoms with Crippen molar-refractivity contribution >= 4 is 0 Å². The largest absolute Gasteiger partial charge is 0.395 e. The highest BCUT2D eigenvalue weighted by Crippen LogP contribution is 2.23. The Morgan fingerprint density at radius 2 is 2.05 bits per heavy atom. The smallest absolute Gasteiger partial charge is 0.0991 e. The summed E-state index contributed by atoms with van der Waals surface area (Å²) in [7, 11) is 1.90. The quantitative estimate of drug-likeness (QED) is 0.878. The molecule has 1 heterocycles. The van der Waals surface area contributed by atoms with Gasteiger partial charge in [-0.05, 0) is 18.7 Å². The Kier molecular flexibility index (Phi) is 5.09. The Morgan fingerprint density at radius 3 is 2.62 bits per heavy atom. The van der Waals surface area contributed by atoms with Gasteiger partial charge in [0.25, 0.3) is 0 Å². The molecule has 5 heteroatoms. The molecule has 1 N–H and O–H groups in total. The molecule has 110 valence electrons. The summed E-state index contributed by atoms with van der Waals surface area (Å²) in [5, 5.41) is 22.5. The number of hydrogen-bond donors (Lipinski definition) is 1. The average molecular weight is 284 g/mol. The maximum absolute atomic E-state index is 9.10. The molecular weight excluding hydrogens is 264 g/mol. The van der Waals surface area contributed by atoms with Crippen LogP contribution >= 0.6 is 0 Å². The van der Waals surface area contributed by atoms with Gasteiger partial charge in [0.15, 0.2) is 0 Å². The lowest BCUT2D eigenvalue weighted by Crippen LogP contribution is -2.26. The lowest BCUT2D eigenvalue weighted by molar-refractivity contribution is 0.197. The number of hydrogen-bond acceptors (Lipinski definition) is 4. The molecule has 0 aliphatic rings. The maximum Gasteiger partial charge on any atom is 0.0991 e. The Bertz CT molecular complexity index is 625. The molecule has 0 aliphatic carbocycles. The van der Waals surface area contributed by atoms with Gasteiger partial charge >= 0.3 is 0 Å². The van der Waals surface area contributed by atoms with Crippen LogP contribution in [0.2, 0.25) is 0 Å². The molecule has 2 rings (SSSR count). The first-order valence-electron chi connectivity index (χ1n) is 7.04. The van der Waals surface area contributed by atoms with Crippen LogP contribution in [0.4, 0.5) is 0 Å². The van der Waals surface area contributed by atoms with E-state index < -0.39 is 0 Å². The number of nitrogens with zero attached hydrogens (tertiary/aromatic N) is 4. The standard InChI is InChI=1S/C16H20N4O/c1-3-20(8-9-21)12-15-11-19(2)18-16(15)14-6-4-13(10-17)5-7-14/h4-7,11,21H,3,8-9,12H2,1-2H3. The number of benzene rings is 1. The summed E-state index contributed by atoms with van der Waals surface area (Å²) in [4.78, 5) is 2.17. The third kappa shape index (κ3) is 3.69. The molecule has 21 heavy (non-hydrogen) atoms. The van der Waals surface area contributed by atoms with Crippen molar-refractivity contribution in [2.75, 3.05) is 19.7 Å². The number of rotatable bonds is 6. The van der Waals surface area contributed by atoms with Crippen LogP contribution in [0.5, 0.6) is 0 Å². The summed E-state index contributed by atoms with van der Waals surface area (Å²) in [6, 6.07) is 9.58. The van der Waals surface area contributed by atoms with Crippen LogP contribution in [0, 0.1) is 11.3 Å². The molecule has 1 aromatic carbocycles. The van der Waals surface area contributed by atoms with Gasteiger partial charge in [0.05, 0.1) is 23.9 Å². The van der Waals surface area contributed by atoms with E-state index in [0.29, 0.717) is 12.1 Å². The van der Waals surface area contributed by atoms with Gasteiger partial charge in [-0.2, -0.15) is 10.4 Å². The summed E-state index contributed by atoms with van der Waals surface area (Å²) in [6.45, 7) is 4.51. The van der Waals surface area contributed by atoms with Crippen molar-refractivity contribution < 1.29 is 5.11 Å². The topological polar surface area (TPSA) is 65.1 Å². The molecule has 2 aromatic rings. The highest BCUT2D eigenvalue weighted by Gasteiger charge is 2.13. The fourth-order valence-corrected chi connectivity index (χ4v) is 2.33. The first-order valence-corrected chi connectivity index (χ1v) is 7.04. The Balaban J connectivity index is 2.29. The number of aliphatic hydroxyl groups is 1. The van der Waals surface area contributed by atoms with E-state index in [1.54, 1.807) is 16.8 Å². The number of aliphatic hydroxyl groups excluding tert-OH is 1. The van der Waals surface area contributed by atoms with E-state index in [2.05, 4.69) is 23.0 Å². The fourth-order valence-electron chi connectivity index (χ4n) is 2.33. The van der Waals surface area contributed by atoms with E-state index in [1.165, 1.54) is 0 Å². The lowest BCUT2D eigenvalue weighted by atomic mass is 10.1. The van der Waals surface area contributed by atoms with Crippen molar-refractivity contribution in [2.24, 2.45) is 7.05 Å². The van der Waals surface area contributed by atoms with Crippen LogP contribution in [0.1, 0.15) is 18.1 Å². The summed E-state index contributed by atoms with van der Waals surface area (Å²) >= 11 is 0. The van der Waals surface area contributed by atoms with Gasteiger partial charge in [0.2, 0.25) is 0 Å². The molecule has 0 atom stereocenters. The molecule has 0 aliphatic heterocycles. The van der Waals surface area contributed by atoms with Crippen molar-refractivity contribution in [1.29, 1.82) is 5.26 Å². The first-order chi connectivity index (χ1) is 10.2. The van der Waals surface area contributed by atoms with Gasteiger partial charge in [-0.25, -0.2) is 0 Å². The summed E-state index contributed by atoms with van der Waals surface area (Å²) in [5.41, 5.74) is 3.70. The van der Waals surface area contributed by atoms with Gasteiger partial charge in [0, 0.05) is 37.5 Å². The van der Waals surface area contributed by atoms with Gasteiger partial charge in [-0.1, -0.05) is 19.1 Å². The molecule has 0 amide bonds. The van der Waals surface area contributed by atoms with Crippen molar-refractivity contribution in [3.63, 3.8) is 0 Å². The first kappa shape index (κ1) is 15.2. The fraction of sp³-hybridized carbons (Fsp3) is 0.375. The molecule has 0 unspecified atom stereocenters. The lowest BCUT2D eigenvalue weighted by Gasteiger charge is -2.18. The van der Waals surface area contributed by atoms with Crippen molar-refractivity contribution in [1.82, 2.24) is 14.7 Å². The number of nitriles is 1. The van der Waals surface area contributed by atoms with Crippen LogP contribution < -0.4 is 0 Å². The Hall–Kier alpha value is -2.16. The Labute approximate surface area is 125 Å². The van der Waals surface area contributed by atoms with Crippen LogP contribution in [-0.2, 0) is 13.6 Å². The predicted octanol–water partition coefficient (Wildman–Crippen LogP) is 1.77. The highest BCUT2D eigenvalue weighted by atomic mass is 16.3. The SMILES string of the molecule is CCN(CCO)Cc1cn(C)nc1-c1ccc(C#N)cc1. The zero-order valence-corrected chi connectivity index (χ0v) is 12.5. The maximum atomic E-state index is 9.10. The van der Waals surface area contributed by atoms with Gasteiger partial charge in [-0.3, -0.25) is 9.58 Å². The van der Waals surface area contributed by atoms with Gasteiger partial charge in [0.1, 0.15) is 0 Å². The van der Waals surface area contributed by atoms with Crippen molar-refractivity contribution in [3.05, 3.63) is 41.6 Å². The molecule has 0 saturated heterocycles. The zero-order valence-electron chi connectivity index (χ0n) is 12.5. The number of likely N-dealkylation sites (N-methyl/N-ethyl adjacent to an activating group) is 1. The van der Waals surface area contributed by atoms with Gasteiger partial charge < -0.3 is 5.11 Å². The van der Waals surface area contributed by atoms with Crippen molar-refractivity contribution in [3.8, 4) is 17.3 Å². The van der Waals surface area contributed by atoms with Gasteiger partial charge in [-0.15, -0.1) is 0 Å². The monoisotopic (exact) mass is 284 g/mol. The van der Waals surface area contributed by atoms with E-state index >= 15 is 0 Å². The van der Waals surface area contributed by atoms with Crippen LogP contribution in [0.15, 0.2) is 30.5 Å². The van der Waals surface area contributed by atoms with Crippen molar-refractivity contribution in [2.45, 2.75) is 13.5 Å². The molecule has 1 aromatic heterocycles. The number of aryl methyl sites for hydroxylation is 1. The molecule has 0 spiro atoms. The molecule has 5 nitrogen and oxygen atoms in total. The summed E-state index contributed by atoms with van der Waals surface area (Å²) < 4.78 is 1.80. The zero-order chi connectivity index (χ0) is 15.2. The predicted molar refractivity (Wildman–Crippen MR) is 81.4 cm³/mol. The summed E-state index contributed by atoms with van der Waals surface area (Å²) in [5.74, 6) is 0. The summed E-state index contributed by atoms with van der Waals surface area (Å²) in [6.07, 6.45) is 2.01. The second-order valence-corrected chi connectivity index (χ2v) is 4.96. The molecule has 0 bridgehead atoms. The molecular formula is C16H20N4O. The van der Waals surface area contributed by atoms with E-state index in [-0.39, 0.29) is 6.61 Å². The average Bonchev–Trinajstić information content (AvgIpc) is 2.87. The van der Waals surface area contributed by atoms with E-state index in [9.17, 15) is 0 Å². The minimum atomic E-state index is 0.153. The third-order valence-corrected chi connectivity index (χ3v) is 3.45. The highest BCUT2D eigenvalue weighted by molar-refractivity contribution is 5.63. The van der Waals surface area contributed by atoms with E-state index in [1.807, 2.05) is 25.4 Å². The molecule has 0 saturated carbocycles. The minimum Gasteiger partial charge on any atom is -0.395 e. The molecule has 0 radical (unpaired) electrons. The minimum absolute atomic E-state index is 0.153. The number of aromatic nitrogens is 2. The third-order valence-electron chi connectivity index (χ3n) is 3.45. The molecule has 0 fully saturated rings. The van der Waals surface area contributed by atoms with E-state index in [4.69, 9.17) is 10.4 Å². The normalized spacial score (nSPS) is 10.8. The van der Waals surface area contributed by atoms with Crippen LogP contribution in [-0.4, -0.2) is 39.5 Å². The second kappa shape index (κ2) is 7.02. The second-order valence-electron chi connectivity index (χ2n) is 4.96.